The third kappa shape index (κ3) is 4.01. The molecule has 30 heavy (non-hydrogen) atoms. The molecule has 5 rings (SSSR count). The summed E-state index contributed by atoms with van der Waals surface area (Å²) in [6.07, 6.45) is 0.837. The molecule has 9 heteroatoms. The average Bonchev–Trinajstić information content (AvgIpc) is 2.66. The molecular weight excluding hydrogens is 421 g/mol. The molecule has 1 aromatic carbocycles. The van der Waals surface area contributed by atoms with E-state index in [2.05, 4.69) is 10.3 Å². The van der Waals surface area contributed by atoms with Crippen LogP contribution in [0.4, 0.5) is 13.2 Å². The standard InChI is InChI=1S/C21H18ClF3N2O3/c22-14-3-2-13(5-15(14)23)30-8-18(29)27-21-9-20(10-21,11-21)6-17(28)12-1-4-16(19(24)25)26-7-12/h1-5,7,19H,6,8-11H2,(H,27,29). The number of pyridine rings is 1. The Bertz CT molecular complexity index is 978. The Morgan fingerprint density at radius 1 is 1.20 bits per heavy atom. The van der Waals surface area contributed by atoms with Crippen LogP contribution in [-0.4, -0.2) is 28.8 Å². The van der Waals surface area contributed by atoms with Gasteiger partial charge in [0.05, 0.1) is 5.02 Å². The first-order valence-electron chi connectivity index (χ1n) is 9.36. The minimum Gasteiger partial charge on any atom is -0.484 e. The second-order valence-corrected chi connectivity index (χ2v) is 8.50. The first-order valence-corrected chi connectivity index (χ1v) is 9.73. The van der Waals surface area contributed by atoms with Crippen LogP contribution in [0.3, 0.4) is 0 Å². The average molecular weight is 439 g/mol. The summed E-state index contributed by atoms with van der Waals surface area (Å²) in [6, 6.07) is 6.47. The Kier molecular flexibility index (Phi) is 5.22. The Hall–Kier alpha value is -2.61. The number of aromatic nitrogens is 1. The van der Waals surface area contributed by atoms with Crippen molar-refractivity contribution >= 4 is 23.3 Å². The number of hydrogen-bond acceptors (Lipinski definition) is 4. The fourth-order valence-corrected chi connectivity index (χ4v) is 4.63. The largest absolute Gasteiger partial charge is 0.484 e. The van der Waals surface area contributed by atoms with E-state index in [1.165, 1.54) is 24.4 Å². The number of Topliss-reactive ketones (excluding diaryl/α,β-unsaturated/α-hetero) is 1. The van der Waals surface area contributed by atoms with Crippen molar-refractivity contribution in [2.24, 2.45) is 5.41 Å². The van der Waals surface area contributed by atoms with Gasteiger partial charge in [-0.15, -0.1) is 0 Å². The quantitative estimate of drug-likeness (QED) is 0.616. The van der Waals surface area contributed by atoms with E-state index in [9.17, 15) is 22.8 Å². The topological polar surface area (TPSA) is 68.3 Å². The number of hydrogen-bond donors (Lipinski definition) is 1. The molecule has 0 unspecified atom stereocenters. The summed E-state index contributed by atoms with van der Waals surface area (Å²) in [5, 5.41) is 2.90. The molecule has 0 aliphatic heterocycles. The van der Waals surface area contributed by atoms with Gasteiger partial charge in [0.1, 0.15) is 17.3 Å². The first kappa shape index (κ1) is 20.7. The van der Waals surface area contributed by atoms with Crippen LogP contribution in [0.15, 0.2) is 36.5 Å². The van der Waals surface area contributed by atoms with Crippen LogP contribution in [0.25, 0.3) is 0 Å². The number of nitrogens with one attached hydrogen (secondary N) is 1. The highest BCUT2D eigenvalue weighted by atomic mass is 35.5. The zero-order valence-corrected chi connectivity index (χ0v) is 16.5. The molecule has 0 saturated heterocycles. The summed E-state index contributed by atoms with van der Waals surface area (Å²) in [7, 11) is 0. The molecule has 0 atom stereocenters. The number of ketones is 1. The lowest BCUT2D eigenvalue weighted by Gasteiger charge is -2.70. The van der Waals surface area contributed by atoms with E-state index in [0.29, 0.717) is 31.2 Å². The Balaban J connectivity index is 1.23. The van der Waals surface area contributed by atoms with Gasteiger partial charge < -0.3 is 10.1 Å². The van der Waals surface area contributed by atoms with Gasteiger partial charge in [-0.3, -0.25) is 14.6 Å². The van der Waals surface area contributed by atoms with Gasteiger partial charge in [-0.05, 0) is 48.9 Å². The van der Waals surface area contributed by atoms with Crippen molar-refractivity contribution in [3.63, 3.8) is 0 Å². The monoisotopic (exact) mass is 438 g/mol. The molecule has 3 aliphatic carbocycles. The van der Waals surface area contributed by atoms with E-state index in [4.69, 9.17) is 16.3 Å². The van der Waals surface area contributed by atoms with E-state index in [0.717, 1.165) is 12.1 Å². The third-order valence-corrected chi connectivity index (χ3v) is 5.98. The Labute approximate surface area is 175 Å². The summed E-state index contributed by atoms with van der Waals surface area (Å²) in [5.41, 5.74) is -0.538. The lowest BCUT2D eigenvalue weighted by molar-refractivity contribution is -0.164. The van der Waals surface area contributed by atoms with E-state index in [1.54, 1.807) is 0 Å². The van der Waals surface area contributed by atoms with E-state index in [1.807, 2.05) is 0 Å². The zero-order valence-electron chi connectivity index (χ0n) is 15.8. The molecule has 0 spiro atoms. The van der Waals surface area contributed by atoms with Crippen LogP contribution < -0.4 is 10.1 Å². The minimum atomic E-state index is -2.67. The van der Waals surface area contributed by atoms with Gasteiger partial charge in [0, 0.05) is 29.8 Å². The van der Waals surface area contributed by atoms with Gasteiger partial charge in [-0.25, -0.2) is 13.2 Å². The molecule has 5 nitrogen and oxygen atoms in total. The molecule has 1 amide bonds. The summed E-state index contributed by atoms with van der Waals surface area (Å²) < 4.78 is 43.8. The molecular formula is C21H18ClF3N2O3. The second-order valence-electron chi connectivity index (χ2n) is 8.10. The first-order chi connectivity index (χ1) is 14.2. The van der Waals surface area contributed by atoms with Crippen molar-refractivity contribution in [3.05, 3.63) is 58.6 Å². The number of halogens is 4. The van der Waals surface area contributed by atoms with Crippen LogP contribution in [0.1, 0.15) is 48.2 Å². The van der Waals surface area contributed by atoms with Gasteiger partial charge in [0.25, 0.3) is 12.3 Å². The predicted octanol–water partition coefficient (Wildman–Crippen LogP) is 4.50. The number of amides is 1. The van der Waals surface area contributed by atoms with Crippen molar-refractivity contribution in [3.8, 4) is 5.75 Å². The van der Waals surface area contributed by atoms with Crippen LogP contribution in [0, 0.1) is 11.2 Å². The third-order valence-electron chi connectivity index (χ3n) is 5.67. The van der Waals surface area contributed by atoms with E-state index < -0.39 is 12.2 Å². The fourth-order valence-electron chi connectivity index (χ4n) is 4.51. The van der Waals surface area contributed by atoms with Crippen molar-refractivity contribution < 1.29 is 27.5 Å². The molecule has 0 radical (unpaired) electrons. The molecule has 1 aromatic heterocycles. The smallest absolute Gasteiger partial charge is 0.280 e. The van der Waals surface area contributed by atoms with Crippen molar-refractivity contribution in [1.82, 2.24) is 10.3 Å². The second kappa shape index (κ2) is 7.58. The number of carbonyl (C=O) groups excluding carboxylic acids is 2. The summed E-state index contributed by atoms with van der Waals surface area (Å²) in [5.74, 6) is -0.884. The molecule has 1 heterocycles. The summed E-state index contributed by atoms with van der Waals surface area (Å²) >= 11 is 5.60. The Morgan fingerprint density at radius 3 is 2.53 bits per heavy atom. The van der Waals surface area contributed by atoms with Gasteiger partial charge in [-0.2, -0.15) is 0 Å². The van der Waals surface area contributed by atoms with Crippen LogP contribution in [0.2, 0.25) is 5.02 Å². The van der Waals surface area contributed by atoms with E-state index in [-0.39, 0.29) is 45.7 Å². The maximum Gasteiger partial charge on any atom is 0.280 e. The highest BCUT2D eigenvalue weighted by Gasteiger charge is 2.68. The molecule has 3 fully saturated rings. The van der Waals surface area contributed by atoms with Crippen molar-refractivity contribution in [2.75, 3.05) is 6.61 Å². The number of carbonyl (C=O) groups is 2. The molecule has 2 bridgehead atoms. The van der Waals surface area contributed by atoms with Crippen LogP contribution in [-0.2, 0) is 4.79 Å². The molecule has 1 N–H and O–H groups in total. The summed E-state index contributed by atoms with van der Waals surface area (Å²) in [6.45, 7) is -0.253. The maximum atomic E-state index is 13.4. The van der Waals surface area contributed by atoms with Gasteiger partial charge in [0.15, 0.2) is 12.4 Å². The number of rotatable bonds is 8. The summed E-state index contributed by atoms with van der Waals surface area (Å²) in [4.78, 5) is 28.2. The van der Waals surface area contributed by atoms with E-state index >= 15 is 0 Å². The molecule has 3 saturated carbocycles. The SMILES string of the molecule is O=C(COc1ccc(Cl)c(F)c1)NC12CC(CC(=O)c3ccc(C(F)F)nc3)(C1)C2. The number of benzene rings is 1. The number of alkyl halides is 2. The zero-order chi connectivity index (χ0) is 21.5. The minimum absolute atomic E-state index is 0.0266. The van der Waals surface area contributed by atoms with Gasteiger partial charge >= 0.3 is 0 Å². The molecule has 3 aliphatic rings. The predicted molar refractivity (Wildman–Crippen MR) is 102 cm³/mol. The Morgan fingerprint density at radius 2 is 1.93 bits per heavy atom. The number of nitrogens with zero attached hydrogens (tertiary/aromatic N) is 1. The maximum absolute atomic E-state index is 13.4. The van der Waals surface area contributed by atoms with Gasteiger partial charge in [-0.1, -0.05) is 11.6 Å². The lowest BCUT2D eigenvalue weighted by Crippen LogP contribution is -2.75. The highest BCUT2D eigenvalue weighted by Crippen LogP contribution is 2.69. The fraction of sp³-hybridized carbons (Fsp3) is 0.381. The molecule has 158 valence electrons. The van der Waals surface area contributed by atoms with Gasteiger partial charge in [0.2, 0.25) is 0 Å². The number of ether oxygens (including phenoxy) is 1. The lowest BCUT2D eigenvalue weighted by atomic mass is 9.38. The normalized spacial score (nSPS) is 24.0. The van der Waals surface area contributed by atoms with Crippen molar-refractivity contribution in [1.29, 1.82) is 0 Å². The van der Waals surface area contributed by atoms with Crippen LogP contribution in [0.5, 0.6) is 5.75 Å². The van der Waals surface area contributed by atoms with Crippen LogP contribution >= 0.6 is 11.6 Å². The molecule has 2 aromatic rings. The van der Waals surface area contributed by atoms with Crippen molar-refractivity contribution in [2.45, 2.75) is 37.6 Å². The highest BCUT2D eigenvalue weighted by molar-refractivity contribution is 6.30.